The van der Waals surface area contributed by atoms with Gasteiger partial charge in [0.1, 0.15) is 0 Å². The van der Waals surface area contributed by atoms with Crippen LogP contribution in [0.2, 0.25) is 0 Å². The molecule has 21 heavy (non-hydrogen) atoms. The van der Waals surface area contributed by atoms with Gasteiger partial charge in [0.2, 0.25) is 0 Å². The van der Waals surface area contributed by atoms with E-state index in [1.54, 1.807) is 16.8 Å². The summed E-state index contributed by atoms with van der Waals surface area (Å²) < 4.78 is 1.79. The molecule has 2 N–H and O–H groups in total. The molecule has 7 nitrogen and oxygen atoms in total. The highest BCUT2D eigenvalue weighted by molar-refractivity contribution is 7.80. The van der Waals surface area contributed by atoms with Gasteiger partial charge in [-0.15, -0.1) is 0 Å². The van der Waals surface area contributed by atoms with Crippen LogP contribution in [0.25, 0.3) is 0 Å². The molecule has 0 atom stereocenters. The number of aromatic nitrogens is 2. The van der Waals surface area contributed by atoms with Crippen LogP contribution in [0.1, 0.15) is 11.4 Å². The fourth-order valence-corrected chi connectivity index (χ4v) is 1.95. The van der Waals surface area contributed by atoms with Crippen molar-refractivity contribution in [3.8, 4) is 0 Å². The van der Waals surface area contributed by atoms with Gasteiger partial charge in [-0.05, 0) is 31.3 Å². The van der Waals surface area contributed by atoms with Crippen molar-refractivity contribution >= 4 is 28.7 Å². The molecule has 0 aliphatic heterocycles. The van der Waals surface area contributed by atoms with E-state index in [0.29, 0.717) is 17.3 Å². The predicted molar refractivity (Wildman–Crippen MR) is 84.1 cm³/mol. The summed E-state index contributed by atoms with van der Waals surface area (Å²) in [6.45, 7) is 2.46. The quantitative estimate of drug-likeness (QED) is 0.511. The van der Waals surface area contributed by atoms with E-state index < -0.39 is 4.92 Å². The molecule has 1 aromatic carbocycles. The largest absolute Gasteiger partial charge is 0.357 e. The van der Waals surface area contributed by atoms with E-state index in [-0.39, 0.29) is 5.69 Å². The number of hydrogen-bond acceptors (Lipinski definition) is 4. The fraction of sp³-hybridized carbons (Fsp3) is 0.231. The highest BCUT2D eigenvalue weighted by atomic mass is 32.1. The molecule has 110 valence electrons. The minimum atomic E-state index is -0.446. The molecule has 8 heteroatoms. The van der Waals surface area contributed by atoms with Crippen molar-refractivity contribution in [3.63, 3.8) is 0 Å². The zero-order chi connectivity index (χ0) is 15.4. The maximum atomic E-state index is 10.7. The van der Waals surface area contributed by atoms with Gasteiger partial charge >= 0.3 is 0 Å². The SMILES string of the molecule is Cc1cc(CNC(=S)Nc2cccc([N+](=O)[O-])c2)nn1C. The molecule has 2 rings (SSSR count). The van der Waals surface area contributed by atoms with Crippen LogP contribution >= 0.6 is 12.2 Å². The summed E-state index contributed by atoms with van der Waals surface area (Å²) in [5, 5.41) is 21.3. The van der Waals surface area contributed by atoms with Crippen molar-refractivity contribution in [2.45, 2.75) is 13.5 Å². The predicted octanol–water partition coefficient (Wildman–Crippen LogP) is 2.12. The summed E-state index contributed by atoms with van der Waals surface area (Å²) >= 11 is 5.16. The van der Waals surface area contributed by atoms with Crippen LogP contribution in [0.3, 0.4) is 0 Å². The number of nitro groups is 1. The molecule has 0 fully saturated rings. The van der Waals surface area contributed by atoms with Crippen molar-refractivity contribution < 1.29 is 4.92 Å². The Morgan fingerprint density at radius 3 is 2.86 bits per heavy atom. The molecule has 0 saturated heterocycles. The number of nitrogens with zero attached hydrogens (tertiary/aromatic N) is 3. The number of rotatable bonds is 4. The van der Waals surface area contributed by atoms with Crippen LogP contribution in [0.5, 0.6) is 0 Å². The lowest BCUT2D eigenvalue weighted by Crippen LogP contribution is -2.28. The molecule has 0 bridgehead atoms. The molecule has 1 heterocycles. The Balaban J connectivity index is 1.92. The van der Waals surface area contributed by atoms with Crippen LogP contribution in [-0.2, 0) is 13.6 Å². The van der Waals surface area contributed by atoms with Crippen molar-refractivity contribution in [3.05, 3.63) is 51.8 Å². The molecule has 2 aromatic rings. The van der Waals surface area contributed by atoms with Gasteiger partial charge in [-0.1, -0.05) is 6.07 Å². The Hall–Kier alpha value is -2.48. The monoisotopic (exact) mass is 305 g/mol. The fourth-order valence-electron chi connectivity index (χ4n) is 1.76. The van der Waals surface area contributed by atoms with Crippen LogP contribution in [0.15, 0.2) is 30.3 Å². The third-order valence-electron chi connectivity index (χ3n) is 2.91. The first-order chi connectivity index (χ1) is 9.95. The number of hydrogen-bond donors (Lipinski definition) is 2. The zero-order valence-corrected chi connectivity index (χ0v) is 12.5. The normalized spacial score (nSPS) is 10.2. The van der Waals surface area contributed by atoms with Crippen molar-refractivity contribution in [2.24, 2.45) is 7.05 Å². The minimum absolute atomic E-state index is 0.0168. The Labute approximate surface area is 127 Å². The van der Waals surface area contributed by atoms with Gasteiger partial charge in [0.05, 0.1) is 17.2 Å². The number of non-ortho nitro benzene ring substituents is 1. The Kier molecular flexibility index (Phi) is 4.49. The summed E-state index contributed by atoms with van der Waals surface area (Å²) in [4.78, 5) is 10.3. The molecular weight excluding hydrogens is 290 g/mol. The highest BCUT2D eigenvalue weighted by Gasteiger charge is 2.07. The van der Waals surface area contributed by atoms with Crippen molar-refractivity contribution in [2.75, 3.05) is 5.32 Å². The van der Waals surface area contributed by atoms with Gasteiger partial charge in [-0.2, -0.15) is 5.10 Å². The van der Waals surface area contributed by atoms with Gasteiger partial charge in [-0.25, -0.2) is 0 Å². The Bertz CT molecular complexity index is 663. The zero-order valence-electron chi connectivity index (χ0n) is 11.7. The first kappa shape index (κ1) is 14.9. The third-order valence-corrected chi connectivity index (χ3v) is 3.16. The van der Waals surface area contributed by atoms with E-state index in [1.165, 1.54) is 12.1 Å². The molecule has 0 aliphatic rings. The van der Waals surface area contributed by atoms with E-state index in [2.05, 4.69) is 15.7 Å². The van der Waals surface area contributed by atoms with E-state index in [9.17, 15) is 10.1 Å². The van der Waals surface area contributed by atoms with Crippen LogP contribution in [0, 0.1) is 17.0 Å². The standard InChI is InChI=1S/C13H15N5O2S/c1-9-6-11(16-17(9)2)8-14-13(21)15-10-4-3-5-12(7-10)18(19)20/h3-7H,8H2,1-2H3,(H2,14,15,21). The number of thiocarbonyl (C=S) groups is 1. The smallest absolute Gasteiger partial charge is 0.271 e. The van der Waals surface area contributed by atoms with E-state index in [1.807, 2.05) is 20.0 Å². The van der Waals surface area contributed by atoms with Crippen LogP contribution in [-0.4, -0.2) is 19.8 Å². The lowest BCUT2D eigenvalue weighted by Gasteiger charge is -2.09. The number of nitro benzene ring substituents is 1. The number of anilines is 1. The second-order valence-electron chi connectivity index (χ2n) is 4.52. The third kappa shape index (κ3) is 3.99. The van der Waals surface area contributed by atoms with Gasteiger partial charge < -0.3 is 10.6 Å². The van der Waals surface area contributed by atoms with Gasteiger partial charge in [0.25, 0.3) is 5.69 Å². The summed E-state index contributed by atoms with van der Waals surface area (Å²) in [5.74, 6) is 0. The molecule has 0 saturated carbocycles. The van der Waals surface area contributed by atoms with E-state index >= 15 is 0 Å². The lowest BCUT2D eigenvalue weighted by molar-refractivity contribution is -0.384. The van der Waals surface area contributed by atoms with Gasteiger partial charge in [0, 0.05) is 30.6 Å². The van der Waals surface area contributed by atoms with E-state index in [4.69, 9.17) is 12.2 Å². The summed E-state index contributed by atoms with van der Waals surface area (Å²) in [6, 6.07) is 8.14. The Morgan fingerprint density at radius 1 is 1.48 bits per heavy atom. The minimum Gasteiger partial charge on any atom is -0.357 e. The number of aryl methyl sites for hydroxylation is 2. The van der Waals surface area contributed by atoms with E-state index in [0.717, 1.165) is 11.4 Å². The highest BCUT2D eigenvalue weighted by Crippen LogP contribution is 2.16. The Morgan fingerprint density at radius 2 is 2.24 bits per heavy atom. The van der Waals surface area contributed by atoms with Gasteiger partial charge in [0.15, 0.2) is 5.11 Å². The molecule has 0 spiro atoms. The molecule has 0 radical (unpaired) electrons. The molecule has 0 aliphatic carbocycles. The van der Waals surface area contributed by atoms with Crippen molar-refractivity contribution in [1.82, 2.24) is 15.1 Å². The van der Waals surface area contributed by atoms with Gasteiger partial charge in [-0.3, -0.25) is 14.8 Å². The second kappa shape index (κ2) is 6.31. The summed E-state index contributed by atoms with van der Waals surface area (Å²) in [6.07, 6.45) is 0. The molecule has 0 unspecified atom stereocenters. The maximum Gasteiger partial charge on any atom is 0.271 e. The average molecular weight is 305 g/mol. The maximum absolute atomic E-state index is 10.7. The summed E-state index contributed by atoms with van der Waals surface area (Å²) in [7, 11) is 1.87. The number of nitrogens with one attached hydrogen (secondary N) is 2. The number of benzene rings is 1. The second-order valence-corrected chi connectivity index (χ2v) is 4.92. The average Bonchev–Trinajstić information content (AvgIpc) is 2.76. The topological polar surface area (TPSA) is 85.0 Å². The molecule has 0 amide bonds. The van der Waals surface area contributed by atoms with Crippen LogP contribution in [0.4, 0.5) is 11.4 Å². The molecule has 1 aromatic heterocycles. The molecular formula is C13H15N5O2S. The lowest BCUT2D eigenvalue weighted by atomic mass is 10.3. The summed E-state index contributed by atoms with van der Waals surface area (Å²) in [5.41, 5.74) is 2.52. The first-order valence-electron chi connectivity index (χ1n) is 6.24. The van der Waals surface area contributed by atoms with Crippen LogP contribution < -0.4 is 10.6 Å². The first-order valence-corrected chi connectivity index (χ1v) is 6.65. The van der Waals surface area contributed by atoms with Crippen molar-refractivity contribution in [1.29, 1.82) is 0 Å².